The molecule has 0 atom stereocenters. The van der Waals surface area contributed by atoms with Gasteiger partial charge in [-0.15, -0.1) is 0 Å². The van der Waals surface area contributed by atoms with Crippen LogP contribution in [0.3, 0.4) is 0 Å². The van der Waals surface area contributed by atoms with Crippen molar-refractivity contribution in [3.05, 3.63) is 212 Å². The molecule has 9 rings (SSSR count). The Kier molecular flexibility index (Phi) is 32.3. The van der Waals surface area contributed by atoms with Crippen LogP contribution >= 0.6 is 0 Å². The van der Waals surface area contributed by atoms with Crippen LogP contribution < -0.4 is 45.3 Å². The quantitative estimate of drug-likeness (QED) is 0.0113. The summed E-state index contributed by atoms with van der Waals surface area (Å²) in [5.74, 6) is -0.125. The van der Waals surface area contributed by atoms with Crippen LogP contribution in [0.15, 0.2) is 191 Å². The number of hydrogen-bond donors (Lipinski definition) is 0. The van der Waals surface area contributed by atoms with Crippen LogP contribution in [0.5, 0.6) is 34.5 Å². The zero-order chi connectivity index (χ0) is 73.6. The van der Waals surface area contributed by atoms with Crippen molar-refractivity contribution in [1.82, 2.24) is 0 Å². The van der Waals surface area contributed by atoms with E-state index in [1.165, 1.54) is 36.4 Å². The Balaban J connectivity index is 0.593. The van der Waals surface area contributed by atoms with Gasteiger partial charge in [-0.05, 0) is 166 Å². The maximum Gasteiger partial charge on any atom is 0.343 e. The molecule has 0 fully saturated rings. The Hall–Kier alpha value is -10.8. The molecule has 0 amide bonds. The molecule has 21 nitrogen and oxygen atoms in total. The third-order valence-electron chi connectivity index (χ3n) is 17.5. The molecule has 0 bridgehead atoms. The van der Waals surface area contributed by atoms with Crippen molar-refractivity contribution < 1.29 is 84.7 Å². The van der Waals surface area contributed by atoms with Gasteiger partial charge in [0.25, 0.3) is 0 Å². The van der Waals surface area contributed by atoms with Crippen molar-refractivity contribution in [3.8, 4) is 34.5 Å². The van der Waals surface area contributed by atoms with Gasteiger partial charge in [0.2, 0.25) is 0 Å². The summed E-state index contributed by atoms with van der Waals surface area (Å²) in [6, 6.07) is 43.7. The first-order valence-electron chi connectivity index (χ1n) is 36.7. The number of rotatable bonds is 47. The van der Waals surface area contributed by atoms with E-state index in [1.54, 1.807) is 127 Å². The third kappa shape index (κ3) is 28.4. The number of ether oxygens (including phenoxy) is 9. The summed E-state index contributed by atoms with van der Waals surface area (Å²) in [5, 5.41) is 2.15. The highest BCUT2D eigenvalue weighted by Gasteiger charge is 2.21. The average molecular weight is 1440 g/mol. The van der Waals surface area contributed by atoms with Crippen molar-refractivity contribution in [1.29, 1.82) is 0 Å². The van der Waals surface area contributed by atoms with E-state index in [0.717, 1.165) is 135 Å². The molecule has 0 aliphatic carbocycles. The van der Waals surface area contributed by atoms with Crippen LogP contribution in [0.1, 0.15) is 204 Å². The largest absolute Gasteiger partial charge is 0.494 e. The SMILES string of the molecule is O=C(CCCCCCCCCCOc1ccc(C(=O)Oc2ccc3ccc(=O)oc3c2)cc1)OCC(COC(=O)CCCCCCCCCCOc1ccc(C(=O)Oc2ccc3ccc(=O)oc3c2)cc1)OC(=O)CCCCCCCCCCOc1ccc(C(=O)Oc2ccc3ccc(=O)oc3c2)cc1. The summed E-state index contributed by atoms with van der Waals surface area (Å²) in [6.45, 7) is 1.20. The Labute approximate surface area is 609 Å². The highest BCUT2D eigenvalue weighted by molar-refractivity contribution is 5.93. The van der Waals surface area contributed by atoms with Crippen LogP contribution in [0, 0.1) is 0 Å². The zero-order valence-electron chi connectivity index (χ0n) is 59.4. The lowest BCUT2D eigenvalue weighted by molar-refractivity contribution is -0.167. The second kappa shape index (κ2) is 43.3. The van der Waals surface area contributed by atoms with E-state index in [2.05, 4.69) is 0 Å². The van der Waals surface area contributed by atoms with E-state index in [4.69, 9.17) is 55.9 Å². The van der Waals surface area contributed by atoms with Crippen LogP contribution in [-0.4, -0.2) is 75.0 Å². The van der Waals surface area contributed by atoms with Crippen molar-refractivity contribution >= 4 is 68.7 Å². The number of hydrogen-bond acceptors (Lipinski definition) is 21. The number of unbranched alkanes of at least 4 members (excludes halogenated alkanes) is 21. The van der Waals surface area contributed by atoms with Gasteiger partial charge in [-0.2, -0.15) is 0 Å². The van der Waals surface area contributed by atoms with Crippen LogP contribution in [0.25, 0.3) is 32.9 Å². The van der Waals surface area contributed by atoms with Crippen molar-refractivity contribution in [2.45, 2.75) is 179 Å². The van der Waals surface area contributed by atoms with E-state index in [0.29, 0.717) is 106 Å². The molecular formula is C84H92O21. The average Bonchev–Trinajstić information content (AvgIpc) is 0.836. The minimum Gasteiger partial charge on any atom is -0.494 e. The van der Waals surface area contributed by atoms with Crippen molar-refractivity contribution in [2.24, 2.45) is 0 Å². The molecule has 0 saturated heterocycles. The molecule has 3 aromatic heterocycles. The lowest BCUT2D eigenvalue weighted by atomic mass is 10.1. The molecule has 0 N–H and O–H groups in total. The molecule has 0 aliphatic rings. The number of benzene rings is 6. The molecule has 0 radical (unpaired) electrons. The number of fused-ring (bicyclic) bond motifs is 3. The molecule has 0 aliphatic heterocycles. The van der Waals surface area contributed by atoms with Gasteiger partial charge in [0, 0.05) is 71.8 Å². The summed E-state index contributed by atoms with van der Waals surface area (Å²) in [7, 11) is 0. The predicted molar refractivity (Wildman–Crippen MR) is 395 cm³/mol. The van der Waals surface area contributed by atoms with Gasteiger partial charge in [-0.25, -0.2) is 28.8 Å². The maximum absolute atomic E-state index is 13.1. The Morgan fingerprint density at radius 1 is 0.276 bits per heavy atom. The topological polar surface area (TPSA) is 276 Å². The molecule has 0 spiro atoms. The highest BCUT2D eigenvalue weighted by atomic mass is 16.6. The van der Waals surface area contributed by atoms with E-state index < -0.39 is 58.8 Å². The Bertz CT molecular complexity index is 4230. The first-order chi connectivity index (χ1) is 51.2. The van der Waals surface area contributed by atoms with Crippen LogP contribution in [0.4, 0.5) is 0 Å². The molecule has 21 heteroatoms. The van der Waals surface area contributed by atoms with Gasteiger partial charge in [0.15, 0.2) is 6.10 Å². The number of carbonyl (C=O) groups is 6. The first kappa shape index (κ1) is 78.3. The molecule has 6 aromatic carbocycles. The fourth-order valence-electron chi connectivity index (χ4n) is 11.6. The van der Waals surface area contributed by atoms with Crippen LogP contribution in [0.2, 0.25) is 0 Å². The van der Waals surface area contributed by atoms with Gasteiger partial charge >= 0.3 is 52.7 Å². The molecule has 0 unspecified atom stereocenters. The second-order valence-corrected chi connectivity index (χ2v) is 25.9. The first-order valence-corrected chi connectivity index (χ1v) is 36.7. The zero-order valence-corrected chi connectivity index (χ0v) is 59.4. The molecule has 3 heterocycles. The normalized spacial score (nSPS) is 11.2. The lowest BCUT2D eigenvalue weighted by Crippen LogP contribution is -2.30. The van der Waals surface area contributed by atoms with Crippen molar-refractivity contribution in [2.75, 3.05) is 33.0 Å². The van der Waals surface area contributed by atoms with E-state index in [-0.39, 0.29) is 49.7 Å². The smallest absolute Gasteiger partial charge is 0.343 e. The summed E-state index contributed by atoms with van der Waals surface area (Å²) in [6.07, 6.45) is 22.2. The summed E-state index contributed by atoms with van der Waals surface area (Å²) in [4.78, 5) is 112. The highest BCUT2D eigenvalue weighted by Crippen LogP contribution is 2.26. The number of carbonyl (C=O) groups excluding carboxylic acids is 6. The summed E-state index contributed by atoms with van der Waals surface area (Å²) < 4.78 is 66.7. The van der Waals surface area contributed by atoms with Gasteiger partial charge in [0.1, 0.15) is 64.5 Å². The van der Waals surface area contributed by atoms with Crippen LogP contribution in [-0.2, 0) is 28.6 Å². The summed E-state index contributed by atoms with van der Waals surface area (Å²) >= 11 is 0. The second-order valence-electron chi connectivity index (χ2n) is 25.9. The van der Waals surface area contributed by atoms with Gasteiger partial charge in [0.05, 0.1) is 36.5 Å². The lowest BCUT2D eigenvalue weighted by Gasteiger charge is -2.18. The molecular weight excluding hydrogens is 1340 g/mol. The maximum atomic E-state index is 13.1. The summed E-state index contributed by atoms with van der Waals surface area (Å²) in [5.41, 5.74) is 0.583. The molecule has 0 saturated carbocycles. The minimum atomic E-state index is -0.926. The fraction of sp³-hybridized carbons (Fsp3) is 0.393. The molecule has 9 aromatic rings. The van der Waals surface area contributed by atoms with E-state index in [1.807, 2.05) is 0 Å². The van der Waals surface area contributed by atoms with Gasteiger partial charge < -0.3 is 55.9 Å². The Morgan fingerprint density at radius 2 is 0.524 bits per heavy atom. The van der Waals surface area contributed by atoms with E-state index in [9.17, 15) is 43.2 Å². The van der Waals surface area contributed by atoms with Gasteiger partial charge in [-0.3, -0.25) is 14.4 Å². The standard InChI is InChI=1S/C84H92O21/c85-76(25-19-13-7-1-4-10-16-22-52-94-66-40-31-63(32-41-66)82(91)100-69-46-28-60-37-49-79(88)103-73(60)55-69)97-58-72(99-78(87)27-21-15-9-3-6-12-18-24-54-96-68-44-35-65(36-45-68)84(93)102-71-48-30-62-39-51-81(90)105-75(62)57-71)59-98-77(86)26-20-14-8-2-5-11-17-23-53-95-67-42-33-64(34-43-67)83(92)101-70-47-29-61-38-50-80(89)104-74(61)56-70/h28-51,55-57,72H,1-27,52-54,58-59H2. The molecule has 554 valence electrons. The monoisotopic (exact) mass is 1440 g/mol. The minimum absolute atomic E-state index is 0.191. The van der Waals surface area contributed by atoms with E-state index >= 15 is 0 Å². The van der Waals surface area contributed by atoms with Gasteiger partial charge in [-0.1, -0.05) is 116 Å². The predicted octanol–water partition coefficient (Wildman–Crippen LogP) is 17.7. The molecule has 105 heavy (non-hydrogen) atoms. The third-order valence-corrected chi connectivity index (χ3v) is 17.5. The fourth-order valence-corrected chi connectivity index (χ4v) is 11.6. The number of esters is 6. The Morgan fingerprint density at radius 3 is 0.819 bits per heavy atom. The van der Waals surface area contributed by atoms with Crippen molar-refractivity contribution in [3.63, 3.8) is 0 Å².